The number of halogens is 12. The van der Waals surface area contributed by atoms with Crippen molar-refractivity contribution >= 4 is 92.9 Å². The third-order valence-electron chi connectivity index (χ3n) is 18.2. The van der Waals surface area contributed by atoms with E-state index < -0.39 is 15.6 Å². The first-order valence-corrected chi connectivity index (χ1v) is 34.5. The SMILES string of the molecule is CCN1C(=CC=CC2=[N+](CCCCCC[N+]3=C(C=CC=C4N(CC)c5ccc6ccccc6c5C4(C)C)C(C)(C)c4c3ccc3ccccc43)c3ccc4ccccc4c3C2(C)C)C(C)(C)c2c1ccc1ccccc21.F[P-](F)(F)(F)(F)F.F[P-](F)(F)(F)(F)F. The van der Waals surface area contributed by atoms with Crippen LogP contribution >= 0.6 is 15.6 Å². The molecular weight excluding hydrogens is 1210 g/mol. The molecule has 0 unspecified atom stereocenters. The van der Waals surface area contributed by atoms with E-state index in [-0.39, 0.29) is 21.7 Å². The molecule has 0 atom stereocenters. The Morgan fingerprint density at radius 1 is 0.356 bits per heavy atom. The molecule has 0 bridgehead atoms. The molecule has 8 aromatic carbocycles. The number of rotatable bonds is 13. The summed E-state index contributed by atoms with van der Waals surface area (Å²) >= 11 is 0. The molecule has 4 aliphatic rings. The second kappa shape index (κ2) is 21.7. The Labute approximate surface area is 518 Å². The number of anilines is 2. The minimum atomic E-state index is -10.7. The van der Waals surface area contributed by atoms with Crippen molar-refractivity contribution in [2.24, 2.45) is 0 Å². The molecule has 0 aliphatic carbocycles. The van der Waals surface area contributed by atoms with E-state index in [1.807, 2.05) is 0 Å². The van der Waals surface area contributed by atoms with E-state index >= 15 is 0 Å². The summed E-state index contributed by atoms with van der Waals surface area (Å²) in [7, 11) is -21.3. The number of nitrogens with zero attached hydrogens (tertiary/aromatic N) is 4. The van der Waals surface area contributed by atoms with Crippen molar-refractivity contribution in [3.05, 3.63) is 216 Å². The Balaban J connectivity index is 0.000000572. The number of likely N-dealkylation sites (N-methyl/N-ethyl adjacent to an activating group) is 2. The van der Waals surface area contributed by atoms with Crippen molar-refractivity contribution in [2.45, 2.75) is 117 Å². The molecule has 4 aliphatic heterocycles. The molecule has 0 saturated heterocycles. The van der Waals surface area contributed by atoms with Crippen LogP contribution in [0.3, 0.4) is 0 Å². The summed E-state index contributed by atoms with van der Waals surface area (Å²) in [6.45, 7) is 27.8. The fourth-order valence-electron chi connectivity index (χ4n) is 14.7. The number of hydrogen-bond acceptors (Lipinski definition) is 2. The summed E-state index contributed by atoms with van der Waals surface area (Å²) in [5, 5.41) is 10.7. The molecule has 90 heavy (non-hydrogen) atoms. The van der Waals surface area contributed by atoms with Crippen molar-refractivity contribution in [1.82, 2.24) is 0 Å². The van der Waals surface area contributed by atoms with Gasteiger partial charge in [-0.25, -0.2) is 0 Å². The topological polar surface area (TPSA) is 12.5 Å². The molecule has 12 rings (SSSR count). The van der Waals surface area contributed by atoms with Crippen LogP contribution < -0.4 is 9.80 Å². The summed E-state index contributed by atoms with van der Waals surface area (Å²) in [5.41, 5.74) is 16.0. The number of benzene rings is 8. The molecule has 0 fully saturated rings. The standard InChI is InChI=1S/C72H76N4.2F6P/c1-11-73-57-43-39-49-27-15-19-31-53(49)65(57)69(3,4)61(73)35-25-37-63-71(7,8)67-55-33-21-17-29-51(55)41-45-59(67)75(63)47-23-13-14-24-48-76-60-46-42-52-30-18-22-34-56(52)68(60)72(9,10)64(76)38-26-36-62-70(5,6)66-54-32-20-16-28-50(54)40-44-58(66)74(62)12-2;2*1-7(2,3,4,5)6/h15-22,25-46H,11-14,23-24,47-48H2,1-10H3;;/q+2;2*-1. The second-order valence-electron chi connectivity index (χ2n) is 25.9. The Morgan fingerprint density at radius 2 is 0.633 bits per heavy atom. The van der Waals surface area contributed by atoms with Gasteiger partial charge in [-0.3, -0.25) is 0 Å². The van der Waals surface area contributed by atoms with Crippen molar-refractivity contribution < 1.29 is 59.5 Å². The number of unbranched alkanes of at least 4 members (excludes halogenated alkanes) is 3. The molecule has 0 amide bonds. The molecule has 0 saturated carbocycles. The third kappa shape index (κ3) is 13.7. The normalized spacial score (nSPS) is 19.7. The summed E-state index contributed by atoms with van der Waals surface area (Å²) < 4.78 is 124. The summed E-state index contributed by atoms with van der Waals surface area (Å²) in [5.74, 6) is 0. The van der Waals surface area contributed by atoms with Crippen LogP contribution in [0.2, 0.25) is 0 Å². The van der Waals surface area contributed by atoms with Crippen molar-refractivity contribution in [3.63, 3.8) is 0 Å². The van der Waals surface area contributed by atoms with Gasteiger partial charge >= 0.3 is 66.0 Å². The molecule has 478 valence electrons. The predicted molar refractivity (Wildman–Crippen MR) is 354 cm³/mol. The van der Waals surface area contributed by atoms with E-state index in [4.69, 9.17) is 0 Å². The maximum atomic E-state index is 9.87. The van der Waals surface area contributed by atoms with Gasteiger partial charge in [0.25, 0.3) is 0 Å². The van der Waals surface area contributed by atoms with Gasteiger partial charge in [-0.2, -0.15) is 9.15 Å². The van der Waals surface area contributed by atoms with Crippen molar-refractivity contribution in [2.75, 3.05) is 36.0 Å². The molecule has 0 aromatic heterocycles. The van der Waals surface area contributed by atoms with Crippen LogP contribution in [-0.2, 0) is 21.7 Å². The van der Waals surface area contributed by atoms with E-state index in [0.29, 0.717) is 0 Å². The quantitative estimate of drug-likeness (QED) is 0.0494. The van der Waals surface area contributed by atoms with Crippen LogP contribution in [0, 0.1) is 0 Å². The average Bonchev–Trinajstić information content (AvgIpc) is 1.60. The van der Waals surface area contributed by atoms with Gasteiger partial charge in [0.15, 0.2) is 11.4 Å². The van der Waals surface area contributed by atoms with E-state index in [0.717, 1.165) is 39.0 Å². The fraction of sp³-hybridized carbons (Fsp3) is 0.306. The van der Waals surface area contributed by atoms with Crippen molar-refractivity contribution in [1.29, 1.82) is 0 Å². The zero-order chi connectivity index (χ0) is 65.5. The van der Waals surface area contributed by atoms with Gasteiger partial charge in [0.05, 0.1) is 10.8 Å². The summed E-state index contributed by atoms with van der Waals surface area (Å²) in [4.78, 5) is 5.07. The van der Waals surface area contributed by atoms with E-state index in [1.54, 1.807) is 0 Å². The Bertz CT molecular complexity index is 4100. The third-order valence-corrected chi connectivity index (χ3v) is 18.2. The monoisotopic (exact) mass is 1290 g/mol. The van der Waals surface area contributed by atoms with Crippen LogP contribution in [-0.4, -0.2) is 46.8 Å². The molecule has 4 nitrogen and oxygen atoms in total. The number of allylic oxidation sites excluding steroid dienone is 8. The van der Waals surface area contributed by atoms with Crippen LogP contribution in [0.25, 0.3) is 43.1 Å². The Kier molecular flexibility index (Phi) is 15.8. The van der Waals surface area contributed by atoms with Gasteiger partial charge in [0.2, 0.25) is 11.4 Å². The number of fused-ring (bicyclic) bond motifs is 12. The fourth-order valence-corrected chi connectivity index (χ4v) is 14.7. The minimum absolute atomic E-state index is 0.134. The van der Waals surface area contributed by atoms with Gasteiger partial charge in [0.1, 0.15) is 13.1 Å². The van der Waals surface area contributed by atoms with Crippen LogP contribution in [0.4, 0.5) is 73.1 Å². The maximum absolute atomic E-state index is 10.7. The van der Waals surface area contributed by atoms with Gasteiger partial charge in [0, 0.05) is 94.9 Å². The van der Waals surface area contributed by atoms with Crippen LogP contribution in [0.15, 0.2) is 193 Å². The average molecular weight is 1290 g/mol. The second-order valence-corrected chi connectivity index (χ2v) is 29.8. The van der Waals surface area contributed by atoms with E-state index in [2.05, 4.69) is 270 Å². The number of hydrogen-bond donors (Lipinski definition) is 0. The van der Waals surface area contributed by atoms with Crippen molar-refractivity contribution in [3.8, 4) is 0 Å². The molecule has 4 heterocycles. The van der Waals surface area contributed by atoms with Gasteiger partial charge in [-0.1, -0.05) is 149 Å². The first kappa shape index (κ1) is 65.7. The molecule has 0 spiro atoms. The zero-order valence-electron chi connectivity index (χ0n) is 52.2. The first-order valence-electron chi connectivity index (χ1n) is 30.4. The van der Waals surface area contributed by atoms with E-state index in [1.165, 1.54) is 124 Å². The first-order chi connectivity index (χ1) is 41.6. The van der Waals surface area contributed by atoms with Crippen LogP contribution in [0.1, 0.15) is 117 Å². The Hall–Kier alpha value is -7.28. The Morgan fingerprint density at radius 3 is 0.933 bits per heavy atom. The zero-order valence-corrected chi connectivity index (χ0v) is 54.0. The van der Waals surface area contributed by atoms with Gasteiger partial charge in [-0.05, 0) is 145 Å². The molecule has 18 heteroatoms. The molecular formula is C72H76F12N4P2. The molecule has 0 radical (unpaired) electrons. The van der Waals surface area contributed by atoms with Gasteiger partial charge in [-0.15, -0.1) is 0 Å². The summed E-state index contributed by atoms with van der Waals surface area (Å²) in [6.07, 6.45) is 19.0. The molecule has 8 aromatic rings. The van der Waals surface area contributed by atoms with Crippen LogP contribution in [0.5, 0.6) is 0 Å². The van der Waals surface area contributed by atoms with Gasteiger partial charge < -0.3 is 9.80 Å². The molecule has 0 N–H and O–H groups in total. The van der Waals surface area contributed by atoms with E-state index in [9.17, 15) is 50.4 Å². The summed E-state index contributed by atoms with van der Waals surface area (Å²) in [6, 6.07) is 54.5. The predicted octanol–water partition coefficient (Wildman–Crippen LogP) is 24.6.